The normalized spacial score (nSPS) is 18.7. The Morgan fingerprint density at radius 2 is 1.77 bits per heavy atom. The Hall–Kier alpha value is -1.44. The highest BCUT2D eigenvalue weighted by Crippen LogP contribution is 2.43. The highest BCUT2D eigenvalue weighted by molar-refractivity contribution is 7.31. The fraction of sp³-hybridized carbons (Fsp3) is 0.714. The van der Waals surface area contributed by atoms with Gasteiger partial charge in [-0.1, -0.05) is 53.7 Å². The molecule has 7 heteroatoms. The van der Waals surface area contributed by atoms with Gasteiger partial charge < -0.3 is 14.7 Å². The molecule has 0 radical (unpaired) electrons. The first-order valence-electron chi connectivity index (χ1n) is 13.4. The quantitative estimate of drug-likeness (QED) is 0.388. The zero-order chi connectivity index (χ0) is 26.1. The van der Waals surface area contributed by atoms with E-state index in [9.17, 15) is 9.90 Å². The fourth-order valence-electron chi connectivity index (χ4n) is 6.36. The number of aliphatic hydroxyl groups excluding tert-OH is 1. The van der Waals surface area contributed by atoms with E-state index in [0.717, 1.165) is 35.0 Å². The number of aliphatic hydroxyl groups is 1. The number of amides is 1. The van der Waals surface area contributed by atoms with Crippen molar-refractivity contribution in [3.8, 4) is 0 Å². The number of benzene rings is 1. The van der Waals surface area contributed by atoms with Gasteiger partial charge in [-0.25, -0.2) is 9.78 Å². The minimum atomic E-state index is -1.88. The van der Waals surface area contributed by atoms with Crippen molar-refractivity contribution >= 4 is 40.4 Å². The zero-order valence-electron chi connectivity index (χ0n) is 23.2. The number of carbonyl (C=O) groups is 1. The maximum absolute atomic E-state index is 12.9. The van der Waals surface area contributed by atoms with Gasteiger partial charge in [0.25, 0.3) is 0 Å². The maximum Gasteiger partial charge on any atom is 0.410 e. The van der Waals surface area contributed by atoms with Crippen LogP contribution in [-0.2, 0) is 4.74 Å². The van der Waals surface area contributed by atoms with Gasteiger partial charge in [0.05, 0.1) is 21.0 Å². The molecule has 0 aliphatic carbocycles. The molecule has 5 nitrogen and oxygen atoms in total. The Labute approximate surface area is 217 Å². The molecule has 2 aromatic rings. The van der Waals surface area contributed by atoms with E-state index in [-0.39, 0.29) is 12.1 Å². The first kappa shape index (κ1) is 28.1. The van der Waals surface area contributed by atoms with Crippen LogP contribution in [0.5, 0.6) is 0 Å². The predicted molar refractivity (Wildman–Crippen MR) is 150 cm³/mol. The molecule has 1 aromatic heterocycles. The van der Waals surface area contributed by atoms with Crippen LogP contribution in [-0.4, -0.2) is 47.3 Å². The summed E-state index contributed by atoms with van der Waals surface area (Å²) in [6, 6.07) is 6.16. The van der Waals surface area contributed by atoms with Crippen molar-refractivity contribution < 1.29 is 14.6 Å². The van der Waals surface area contributed by atoms with Gasteiger partial charge in [0.1, 0.15) is 13.7 Å². The number of para-hydroxylation sites is 1. The lowest BCUT2D eigenvalue weighted by Gasteiger charge is -2.41. The molecule has 3 rings (SSSR count). The molecule has 0 saturated carbocycles. The third kappa shape index (κ3) is 5.77. The number of nitrogens with zero attached hydrogens (tertiary/aromatic N) is 2. The topological polar surface area (TPSA) is 62.7 Å². The minimum Gasteiger partial charge on any atom is -0.444 e. The number of hydrogen-bond donors (Lipinski definition) is 1. The molecule has 1 aliphatic heterocycles. The number of likely N-dealkylation sites (tertiary alicyclic amines) is 1. The van der Waals surface area contributed by atoms with Crippen LogP contribution in [0.2, 0.25) is 16.6 Å². The highest BCUT2D eigenvalue weighted by Gasteiger charge is 2.47. The Bertz CT molecular complexity index is 990. The van der Waals surface area contributed by atoms with Crippen LogP contribution in [0.4, 0.5) is 4.79 Å². The van der Waals surface area contributed by atoms with Crippen LogP contribution in [0, 0.1) is 0 Å². The summed E-state index contributed by atoms with van der Waals surface area (Å²) in [5, 5.41) is 11.4. The molecular formula is C28H46N2O3SSi. The summed E-state index contributed by atoms with van der Waals surface area (Å²) in [6.07, 6.45) is 2.49. The number of carbonyl (C=O) groups excluding carboxylic acids is 1. The second-order valence-electron chi connectivity index (χ2n) is 12.2. The number of aromatic nitrogens is 1. The lowest BCUT2D eigenvalue weighted by atomic mass is 9.94. The van der Waals surface area contributed by atoms with Crippen LogP contribution < -0.4 is 4.63 Å². The molecule has 1 aromatic carbocycles. The van der Waals surface area contributed by atoms with Crippen molar-refractivity contribution in [2.75, 3.05) is 6.54 Å². The molecule has 196 valence electrons. The van der Waals surface area contributed by atoms with Gasteiger partial charge in [0.15, 0.2) is 0 Å². The largest absolute Gasteiger partial charge is 0.444 e. The van der Waals surface area contributed by atoms with Gasteiger partial charge in [-0.15, -0.1) is 11.3 Å². The molecule has 1 aliphatic rings. The van der Waals surface area contributed by atoms with Crippen molar-refractivity contribution in [1.29, 1.82) is 0 Å². The third-order valence-electron chi connectivity index (χ3n) is 7.80. The van der Waals surface area contributed by atoms with Crippen molar-refractivity contribution in [2.24, 2.45) is 0 Å². The number of hydrogen-bond acceptors (Lipinski definition) is 5. The second kappa shape index (κ2) is 10.9. The summed E-state index contributed by atoms with van der Waals surface area (Å²) in [5.41, 5.74) is 3.06. The molecule has 2 unspecified atom stereocenters. The van der Waals surface area contributed by atoms with E-state index in [4.69, 9.17) is 9.72 Å². The van der Waals surface area contributed by atoms with Crippen LogP contribution in [0.1, 0.15) is 99.7 Å². The van der Waals surface area contributed by atoms with Crippen molar-refractivity contribution in [3.63, 3.8) is 0 Å². The summed E-state index contributed by atoms with van der Waals surface area (Å²) >= 11 is 1.83. The van der Waals surface area contributed by atoms with Crippen molar-refractivity contribution in [1.82, 2.24) is 9.88 Å². The van der Waals surface area contributed by atoms with E-state index in [2.05, 4.69) is 47.6 Å². The summed E-state index contributed by atoms with van der Waals surface area (Å²) in [5.74, 6) is 0. The summed E-state index contributed by atoms with van der Waals surface area (Å²) < 4.78 is 8.13. The summed E-state index contributed by atoms with van der Waals surface area (Å²) in [7, 11) is -1.88. The Morgan fingerprint density at radius 1 is 1.14 bits per heavy atom. The van der Waals surface area contributed by atoms with E-state index in [0.29, 0.717) is 29.6 Å². The molecular weight excluding hydrogens is 472 g/mol. The molecule has 1 N–H and O–H groups in total. The number of fused-ring (bicyclic) bond motifs is 1. The van der Waals surface area contributed by atoms with Crippen molar-refractivity contribution in [2.45, 2.75) is 122 Å². The second-order valence-corrected chi connectivity index (χ2v) is 19.4. The molecule has 1 amide bonds. The molecule has 0 spiro atoms. The van der Waals surface area contributed by atoms with Crippen LogP contribution in [0.3, 0.4) is 0 Å². The smallest absolute Gasteiger partial charge is 0.410 e. The van der Waals surface area contributed by atoms with Crippen LogP contribution >= 0.6 is 11.3 Å². The van der Waals surface area contributed by atoms with Crippen molar-refractivity contribution in [3.05, 3.63) is 23.8 Å². The standard InChI is InChI=1S/C28H46N2O3SSi/c1-18(2)35(19(3)4,20(5)6)26-29-25-22(14-12-15-24(25)34-26)23(31)17-21-13-10-11-16-30(21)27(32)33-28(7,8)9/h12,14-15,18-21,23,31H,10-11,13,16-17H2,1-9H3. The number of piperidine rings is 1. The van der Waals surface area contributed by atoms with Gasteiger partial charge in [0.2, 0.25) is 0 Å². The zero-order valence-corrected chi connectivity index (χ0v) is 25.0. The van der Waals surface area contributed by atoms with E-state index in [1.54, 1.807) is 0 Å². The number of rotatable bonds is 7. The third-order valence-corrected chi connectivity index (χ3v) is 16.6. The van der Waals surface area contributed by atoms with Crippen LogP contribution in [0.15, 0.2) is 18.2 Å². The fourth-order valence-corrected chi connectivity index (χ4v) is 16.1. The van der Waals surface area contributed by atoms with Gasteiger partial charge in [-0.05, 0) is 69.1 Å². The average molecular weight is 519 g/mol. The molecule has 35 heavy (non-hydrogen) atoms. The van der Waals surface area contributed by atoms with Gasteiger partial charge in [-0.2, -0.15) is 0 Å². The maximum atomic E-state index is 12.9. The average Bonchev–Trinajstić information content (AvgIpc) is 3.16. The lowest BCUT2D eigenvalue weighted by molar-refractivity contribution is 0.00245. The van der Waals surface area contributed by atoms with Gasteiger partial charge in [0, 0.05) is 18.2 Å². The number of ether oxygens (including phenoxy) is 1. The van der Waals surface area contributed by atoms with Gasteiger partial charge in [-0.3, -0.25) is 0 Å². The molecule has 2 atom stereocenters. The molecule has 1 saturated heterocycles. The first-order valence-corrected chi connectivity index (χ1v) is 16.4. The van der Waals surface area contributed by atoms with E-state index in [1.807, 2.05) is 49.1 Å². The molecule has 0 bridgehead atoms. The van der Waals surface area contributed by atoms with Gasteiger partial charge >= 0.3 is 6.09 Å². The Morgan fingerprint density at radius 3 is 2.34 bits per heavy atom. The molecule has 2 heterocycles. The highest BCUT2D eigenvalue weighted by atomic mass is 32.1. The first-order chi connectivity index (χ1) is 16.3. The Kier molecular flexibility index (Phi) is 8.76. The van der Waals surface area contributed by atoms with E-state index >= 15 is 0 Å². The minimum absolute atomic E-state index is 0.0302. The van der Waals surface area contributed by atoms with E-state index in [1.165, 1.54) is 4.63 Å². The Balaban J connectivity index is 1.94. The molecule has 1 fully saturated rings. The van der Waals surface area contributed by atoms with Crippen LogP contribution in [0.25, 0.3) is 10.2 Å². The van der Waals surface area contributed by atoms with E-state index < -0.39 is 19.8 Å². The summed E-state index contributed by atoms with van der Waals surface area (Å²) in [6.45, 7) is 20.6. The number of thiazole rings is 1. The SMILES string of the molecule is CC(C)[Si](c1nc2c(C(O)CC3CCCCN3C(=O)OC(C)(C)C)cccc2s1)(C(C)C)C(C)C. The lowest BCUT2D eigenvalue weighted by Crippen LogP contribution is -2.55. The predicted octanol–water partition coefficient (Wildman–Crippen LogP) is 7.40. The summed E-state index contributed by atoms with van der Waals surface area (Å²) in [4.78, 5) is 20.0. The monoisotopic (exact) mass is 518 g/mol.